The number of nitrogens with zero attached hydrogens (tertiary/aromatic N) is 1. The Morgan fingerprint density at radius 2 is 1.70 bits per heavy atom. The zero-order valence-corrected chi connectivity index (χ0v) is 15.5. The first-order valence-corrected chi connectivity index (χ1v) is 9.49. The van der Waals surface area contributed by atoms with Crippen LogP contribution < -0.4 is 5.32 Å². The van der Waals surface area contributed by atoms with Gasteiger partial charge in [0.25, 0.3) is 0 Å². The van der Waals surface area contributed by atoms with E-state index in [-0.39, 0.29) is 19.1 Å². The van der Waals surface area contributed by atoms with Gasteiger partial charge in [0.15, 0.2) is 0 Å². The number of alkyl carbamates (subject to hydrolysis) is 1. The highest BCUT2D eigenvalue weighted by molar-refractivity contribution is 5.82. The summed E-state index contributed by atoms with van der Waals surface area (Å²) in [7, 11) is 0. The molecule has 0 radical (unpaired) electrons. The minimum Gasteiger partial charge on any atom is -0.445 e. The maximum Gasteiger partial charge on any atom is 0.407 e. The smallest absolute Gasteiger partial charge is 0.407 e. The quantitative estimate of drug-likeness (QED) is 0.878. The van der Waals surface area contributed by atoms with Gasteiger partial charge < -0.3 is 15.0 Å². The van der Waals surface area contributed by atoms with Crippen LogP contribution in [0.25, 0.3) is 0 Å². The van der Waals surface area contributed by atoms with Crippen molar-refractivity contribution in [3.63, 3.8) is 0 Å². The second kappa shape index (κ2) is 9.76. The molecule has 2 aromatic carbocycles. The Morgan fingerprint density at radius 1 is 1.00 bits per heavy atom. The Kier molecular flexibility index (Phi) is 6.85. The van der Waals surface area contributed by atoms with E-state index in [0.29, 0.717) is 12.5 Å². The van der Waals surface area contributed by atoms with Gasteiger partial charge in [0, 0.05) is 19.0 Å². The van der Waals surface area contributed by atoms with Crippen LogP contribution in [-0.2, 0) is 16.1 Å². The van der Waals surface area contributed by atoms with Gasteiger partial charge in [-0.2, -0.15) is 0 Å². The van der Waals surface area contributed by atoms with Crippen molar-refractivity contribution in [3.8, 4) is 0 Å². The van der Waals surface area contributed by atoms with Crippen molar-refractivity contribution in [2.75, 3.05) is 19.6 Å². The normalized spacial score (nSPS) is 17.0. The van der Waals surface area contributed by atoms with Crippen LogP contribution in [-0.4, -0.2) is 36.5 Å². The van der Waals surface area contributed by atoms with Crippen LogP contribution in [0, 0.1) is 0 Å². The molecule has 27 heavy (non-hydrogen) atoms. The second-order valence-corrected chi connectivity index (χ2v) is 6.86. The van der Waals surface area contributed by atoms with E-state index in [4.69, 9.17) is 4.74 Å². The van der Waals surface area contributed by atoms with Crippen molar-refractivity contribution in [2.24, 2.45) is 0 Å². The minimum atomic E-state index is -0.568. The van der Waals surface area contributed by atoms with Crippen LogP contribution in [0.1, 0.15) is 36.3 Å². The van der Waals surface area contributed by atoms with Gasteiger partial charge in [0.05, 0.1) is 0 Å². The molecule has 5 heteroatoms. The Labute approximate surface area is 160 Å². The number of hydrogen-bond donors (Lipinski definition) is 1. The first kappa shape index (κ1) is 19.0. The van der Waals surface area contributed by atoms with Crippen LogP contribution in [0.15, 0.2) is 60.7 Å². The number of nitrogens with one attached hydrogen (secondary N) is 1. The molecule has 0 saturated carbocycles. The molecule has 1 N–H and O–H groups in total. The number of hydrogen-bond acceptors (Lipinski definition) is 3. The number of ether oxygens (including phenoxy) is 1. The molecule has 1 atom stereocenters. The average molecular weight is 366 g/mol. The van der Waals surface area contributed by atoms with Gasteiger partial charge in [0.2, 0.25) is 5.91 Å². The first-order valence-electron chi connectivity index (χ1n) is 9.49. The molecule has 1 heterocycles. The Balaban J connectivity index is 1.47. The van der Waals surface area contributed by atoms with E-state index in [1.165, 1.54) is 5.56 Å². The molecule has 142 valence electrons. The van der Waals surface area contributed by atoms with Crippen molar-refractivity contribution in [3.05, 3.63) is 71.8 Å². The fraction of sp³-hybridized carbons (Fsp3) is 0.364. The van der Waals surface area contributed by atoms with Crippen molar-refractivity contribution in [2.45, 2.75) is 31.8 Å². The number of amides is 2. The number of rotatable bonds is 5. The number of likely N-dealkylation sites (tertiary alicyclic amines) is 1. The molecule has 2 aromatic rings. The molecule has 0 aromatic heterocycles. The maximum absolute atomic E-state index is 12.6. The standard InChI is InChI=1S/C22H26N2O3/c25-21(15-23-22(26)27-17-18-9-3-1-4-10-18)24-14-8-7-13-20(16-24)19-11-5-2-6-12-19/h1-6,9-12,20H,7-8,13-17H2,(H,23,26). The molecule has 1 unspecified atom stereocenters. The van der Waals surface area contributed by atoms with Crippen molar-refractivity contribution in [1.82, 2.24) is 10.2 Å². The Bertz CT molecular complexity index is 734. The third-order valence-electron chi connectivity index (χ3n) is 4.89. The molecule has 0 bridgehead atoms. The Morgan fingerprint density at radius 3 is 2.44 bits per heavy atom. The summed E-state index contributed by atoms with van der Waals surface area (Å²) in [6, 6.07) is 19.8. The molecule has 3 rings (SSSR count). The predicted molar refractivity (Wildman–Crippen MR) is 104 cm³/mol. The summed E-state index contributed by atoms with van der Waals surface area (Å²) in [6.07, 6.45) is 2.62. The molecular formula is C22H26N2O3. The van der Waals surface area contributed by atoms with Gasteiger partial charge >= 0.3 is 6.09 Å². The topological polar surface area (TPSA) is 58.6 Å². The monoisotopic (exact) mass is 366 g/mol. The zero-order valence-electron chi connectivity index (χ0n) is 15.5. The SMILES string of the molecule is O=C(NCC(=O)N1CCCCC(c2ccccc2)C1)OCc1ccccc1. The van der Waals surface area contributed by atoms with E-state index in [0.717, 1.165) is 31.4 Å². The maximum atomic E-state index is 12.6. The fourth-order valence-corrected chi connectivity index (χ4v) is 3.40. The van der Waals surface area contributed by atoms with E-state index < -0.39 is 6.09 Å². The van der Waals surface area contributed by atoms with E-state index in [1.54, 1.807) is 0 Å². The lowest BCUT2D eigenvalue weighted by Crippen LogP contribution is -2.41. The van der Waals surface area contributed by atoms with Crippen LogP contribution in [0.5, 0.6) is 0 Å². The van der Waals surface area contributed by atoms with Gasteiger partial charge in [-0.25, -0.2) is 4.79 Å². The molecule has 1 aliphatic rings. The van der Waals surface area contributed by atoms with Crippen molar-refractivity contribution >= 4 is 12.0 Å². The van der Waals surface area contributed by atoms with Crippen LogP contribution >= 0.6 is 0 Å². The molecule has 5 nitrogen and oxygen atoms in total. The molecule has 0 aliphatic carbocycles. The van der Waals surface area contributed by atoms with Crippen LogP contribution in [0.2, 0.25) is 0 Å². The molecule has 1 saturated heterocycles. The highest BCUT2D eigenvalue weighted by atomic mass is 16.5. The van der Waals surface area contributed by atoms with Gasteiger partial charge in [-0.1, -0.05) is 67.1 Å². The molecule has 1 aliphatic heterocycles. The third kappa shape index (κ3) is 5.84. The largest absolute Gasteiger partial charge is 0.445 e. The summed E-state index contributed by atoms with van der Waals surface area (Å²) in [6.45, 7) is 1.60. The summed E-state index contributed by atoms with van der Waals surface area (Å²) in [5.41, 5.74) is 2.18. The van der Waals surface area contributed by atoms with Gasteiger partial charge in [0.1, 0.15) is 13.2 Å². The first-order chi connectivity index (χ1) is 13.2. The van der Waals surface area contributed by atoms with E-state index in [1.807, 2.05) is 53.4 Å². The lowest BCUT2D eigenvalue weighted by molar-refractivity contribution is -0.130. The average Bonchev–Trinajstić information content (AvgIpc) is 2.98. The van der Waals surface area contributed by atoms with Gasteiger partial charge in [-0.3, -0.25) is 4.79 Å². The number of carbonyl (C=O) groups excluding carboxylic acids is 2. The Hall–Kier alpha value is -2.82. The summed E-state index contributed by atoms with van der Waals surface area (Å²) in [5, 5.41) is 2.57. The summed E-state index contributed by atoms with van der Waals surface area (Å²) in [4.78, 5) is 26.3. The van der Waals surface area contributed by atoms with Crippen LogP contribution in [0.3, 0.4) is 0 Å². The number of benzene rings is 2. The van der Waals surface area contributed by atoms with E-state index in [2.05, 4.69) is 17.4 Å². The van der Waals surface area contributed by atoms with Gasteiger partial charge in [-0.05, 0) is 24.0 Å². The predicted octanol–water partition coefficient (Wildman–Crippen LogP) is 3.71. The van der Waals surface area contributed by atoms with Gasteiger partial charge in [-0.15, -0.1) is 0 Å². The highest BCUT2D eigenvalue weighted by Crippen LogP contribution is 2.26. The zero-order chi connectivity index (χ0) is 18.9. The number of carbonyl (C=O) groups is 2. The summed E-state index contributed by atoms with van der Waals surface area (Å²) >= 11 is 0. The van der Waals surface area contributed by atoms with Crippen LogP contribution in [0.4, 0.5) is 4.79 Å². The third-order valence-corrected chi connectivity index (χ3v) is 4.89. The second-order valence-electron chi connectivity index (χ2n) is 6.86. The fourth-order valence-electron chi connectivity index (χ4n) is 3.40. The molecule has 2 amide bonds. The minimum absolute atomic E-state index is 0.0326. The lowest BCUT2D eigenvalue weighted by Gasteiger charge is -2.25. The van der Waals surface area contributed by atoms with Crippen molar-refractivity contribution in [1.29, 1.82) is 0 Å². The summed E-state index contributed by atoms with van der Waals surface area (Å²) < 4.78 is 5.16. The lowest BCUT2D eigenvalue weighted by atomic mass is 9.94. The highest BCUT2D eigenvalue weighted by Gasteiger charge is 2.23. The van der Waals surface area contributed by atoms with Crippen molar-refractivity contribution < 1.29 is 14.3 Å². The van der Waals surface area contributed by atoms with E-state index >= 15 is 0 Å². The van der Waals surface area contributed by atoms with E-state index in [9.17, 15) is 9.59 Å². The molecular weight excluding hydrogens is 340 g/mol. The molecule has 1 fully saturated rings. The molecule has 0 spiro atoms. The summed E-state index contributed by atoms with van der Waals surface area (Å²) in [5.74, 6) is 0.289.